The topological polar surface area (TPSA) is 80.3 Å². The number of pyridine rings is 1. The van der Waals surface area contributed by atoms with Gasteiger partial charge in [-0.15, -0.1) is 0 Å². The average molecular weight is 432 g/mol. The van der Waals surface area contributed by atoms with Gasteiger partial charge in [0.15, 0.2) is 0 Å². The summed E-state index contributed by atoms with van der Waals surface area (Å²) in [6.07, 6.45) is 4.05. The summed E-state index contributed by atoms with van der Waals surface area (Å²) in [5.74, 6) is 0.770. The van der Waals surface area contributed by atoms with E-state index in [-0.39, 0.29) is 4.90 Å². The van der Waals surface area contributed by atoms with E-state index in [1.165, 1.54) is 12.1 Å². The van der Waals surface area contributed by atoms with Gasteiger partial charge in [0, 0.05) is 36.2 Å². The normalized spacial score (nSPS) is 11.2. The fourth-order valence-electron chi connectivity index (χ4n) is 2.61. The van der Waals surface area contributed by atoms with Crippen LogP contribution >= 0.6 is 11.6 Å². The maximum atomic E-state index is 12.3. The summed E-state index contributed by atoms with van der Waals surface area (Å²) in [4.78, 5) is 4.17. The van der Waals surface area contributed by atoms with E-state index in [4.69, 9.17) is 16.3 Å². The second-order valence-corrected chi connectivity index (χ2v) is 8.46. The van der Waals surface area contributed by atoms with Crippen molar-refractivity contribution in [1.29, 1.82) is 0 Å². The van der Waals surface area contributed by atoms with Gasteiger partial charge in [-0.3, -0.25) is 4.98 Å². The lowest BCUT2D eigenvalue weighted by molar-refractivity contribution is 0.333. The maximum Gasteiger partial charge on any atom is 0.240 e. The Balaban J connectivity index is 1.40. The quantitative estimate of drug-likeness (QED) is 0.478. The van der Waals surface area contributed by atoms with Gasteiger partial charge in [0.2, 0.25) is 10.0 Å². The number of anilines is 1. The summed E-state index contributed by atoms with van der Waals surface area (Å²) in [6.45, 7) is 1.52. The van der Waals surface area contributed by atoms with E-state index in [0.717, 1.165) is 17.0 Å². The molecule has 0 fully saturated rings. The van der Waals surface area contributed by atoms with Gasteiger partial charge in [-0.2, -0.15) is 0 Å². The fourth-order valence-corrected chi connectivity index (χ4v) is 3.77. The van der Waals surface area contributed by atoms with Crippen LogP contribution < -0.4 is 14.8 Å². The molecular formula is C21H22ClN3O3S. The van der Waals surface area contributed by atoms with Gasteiger partial charge < -0.3 is 10.1 Å². The molecule has 0 bridgehead atoms. The van der Waals surface area contributed by atoms with Crippen LogP contribution in [-0.4, -0.2) is 33.1 Å². The van der Waals surface area contributed by atoms with Crippen LogP contribution in [0.4, 0.5) is 5.69 Å². The first kappa shape index (κ1) is 21.1. The molecule has 152 valence electrons. The van der Waals surface area contributed by atoms with Gasteiger partial charge in [-0.1, -0.05) is 23.7 Å². The van der Waals surface area contributed by atoms with Crippen molar-refractivity contribution in [2.75, 3.05) is 25.0 Å². The molecule has 2 N–H and O–H groups in total. The Bertz CT molecular complexity index is 996. The van der Waals surface area contributed by atoms with Gasteiger partial charge in [-0.25, -0.2) is 13.1 Å². The summed E-state index contributed by atoms with van der Waals surface area (Å²) < 4.78 is 32.8. The molecule has 0 atom stereocenters. The molecule has 6 nitrogen and oxygen atoms in total. The zero-order valence-corrected chi connectivity index (χ0v) is 17.3. The Hall–Kier alpha value is -2.61. The van der Waals surface area contributed by atoms with Crippen molar-refractivity contribution in [2.24, 2.45) is 0 Å². The number of aromatic nitrogens is 1. The highest BCUT2D eigenvalue weighted by Crippen LogP contribution is 2.15. The Labute approximate surface area is 176 Å². The van der Waals surface area contributed by atoms with Crippen LogP contribution in [0.15, 0.2) is 78.0 Å². The molecule has 0 unspecified atom stereocenters. The minimum atomic E-state index is -3.54. The summed E-state index contributed by atoms with van der Waals surface area (Å²) in [6, 6.07) is 17.5. The van der Waals surface area contributed by atoms with Crippen molar-refractivity contribution >= 4 is 27.3 Å². The standard InChI is InChI=1S/C21H22ClN3O3S/c22-18-3-7-21(8-4-18)29(26,27)25-14-9-17-1-5-20(6-2-17)28-16-15-24-19-10-12-23-13-11-19/h1-8,10-13,25H,9,14-16H2,(H,23,24). The predicted octanol–water partition coefficient (Wildman–Crippen LogP) is 3.75. The van der Waals surface area contributed by atoms with Crippen LogP contribution in [0.5, 0.6) is 5.75 Å². The van der Waals surface area contributed by atoms with Gasteiger partial charge in [-0.05, 0) is 60.5 Å². The van der Waals surface area contributed by atoms with E-state index in [2.05, 4.69) is 15.0 Å². The van der Waals surface area contributed by atoms with Crippen LogP contribution in [0.2, 0.25) is 5.02 Å². The number of sulfonamides is 1. The molecule has 2 aromatic carbocycles. The molecule has 8 heteroatoms. The molecule has 0 spiro atoms. The number of rotatable bonds is 10. The second kappa shape index (κ2) is 10.2. The molecule has 0 saturated carbocycles. The number of benzene rings is 2. The van der Waals surface area contributed by atoms with Gasteiger partial charge in [0.05, 0.1) is 4.90 Å². The molecule has 0 aliphatic heterocycles. The van der Waals surface area contributed by atoms with Crippen molar-refractivity contribution < 1.29 is 13.2 Å². The van der Waals surface area contributed by atoms with E-state index in [1.807, 2.05) is 36.4 Å². The number of nitrogens with zero attached hydrogens (tertiary/aromatic N) is 1. The minimum absolute atomic E-state index is 0.200. The molecule has 0 aliphatic rings. The summed E-state index contributed by atoms with van der Waals surface area (Å²) in [5, 5.41) is 3.75. The van der Waals surface area contributed by atoms with Crippen molar-refractivity contribution in [3.05, 3.63) is 83.6 Å². The van der Waals surface area contributed by atoms with Crippen LogP contribution in [0.25, 0.3) is 0 Å². The molecule has 0 radical (unpaired) electrons. The van der Waals surface area contributed by atoms with Crippen molar-refractivity contribution in [3.8, 4) is 5.75 Å². The number of hydrogen-bond acceptors (Lipinski definition) is 5. The molecule has 0 saturated heterocycles. The SMILES string of the molecule is O=S(=O)(NCCc1ccc(OCCNc2ccncc2)cc1)c1ccc(Cl)cc1. The Kier molecular flexibility index (Phi) is 7.46. The largest absolute Gasteiger partial charge is 0.492 e. The number of ether oxygens (including phenoxy) is 1. The van der Waals surface area contributed by atoms with Crippen molar-refractivity contribution in [1.82, 2.24) is 9.71 Å². The van der Waals surface area contributed by atoms with Crippen LogP contribution in [0.3, 0.4) is 0 Å². The minimum Gasteiger partial charge on any atom is -0.492 e. The van der Waals surface area contributed by atoms with Crippen LogP contribution in [-0.2, 0) is 16.4 Å². The Morgan fingerprint density at radius 3 is 2.28 bits per heavy atom. The third-order valence-corrected chi connectivity index (χ3v) is 5.86. The number of nitrogens with one attached hydrogen (secondary N) is 2. The first-order chi connectivity index (χ1) is 14.0. The van der Waals surface area contributed by atoms with Crippen LogP contribution in [0.1, 0.15) is 5.56 Å². The molecule has 0 amide bonds. The van der Waals surface area contributed by atoms with Crippen LogP contribution in [0, 0.1) is 0 Å². The number of hydrogen-bond donors (Lipinski definition) is 2. The molecule has 29 heavy (non-hydrogen) atoms. The third kappa shape index (κ3) is 6.74. The molecule has 1 aromatic heterocycles. The highest BCUT2D eigenvalue weighted by atomic mass is 35.5. The maximum absolute atomic E-state index is 12.3. The van der Waals surface area contributed by atoms with Gasteiger partial charge >= 0.3 is 0 Å². The number of halogens is 1. The molecule has 3 aromatic rings. The van der Waals surface area contributed by atoms with Crippen molar-refractivity contribution in [2.45, 2.75) is 11.3 Å². The summed E-state index contributed by atoms with van der Waals surface area (Å²) in [5.41, 5.74) is 2.02. The molecule has 1 heterocycles. The Morgan fingerprint density at radius 1 is 0.897 bits per heavy atom. The fraction of sp³-hybridized carbons (Fsp3) is 0.190. The molecule has 3 rings (SSSR count). The van der Waals surface area contributed by atoms with Gasteiger partial charge in [0.25, 0.3) is 0 Å². The second-order valence-electron chi connectivity index (χ2n) is 6.26. The summed E-state index contributed by atoms with van der Waals surface area (Å²) in [7, 11) is -3.54. The molecule has 0 aliphatic carbocycles. The van der Waals surface area contributed by atoms with E-state index in [9.17, 15) is 8.42 Å². The van der Waals surface area contributed by atoms with Gasteiger partial charge in [0.1, 0.15) is 12.4 Å². The van der Waals surface area contributed by atoms with E-state index >= 15 is 0 Å². The lowest BCUT2D eigenvalue weighted by atomic mass is 10.1. The van der Waals surface area contributed by atoms with E-state index in [0.29, 0.717) is 31.1 Å². The molecular weight excluding hydrogens is 410 g/mol. The summed E-state index contributed by atoms with van der Waals surface area (Å²) >= 11 is 5.80. The first-order valence-corrected chi connectivity index (χ1v) is 11.0. The zero-order valence-electron chi connectivity index (χ0n) is 15.7. The van der Waals surface area contributed by atoms with E-state index in [1.54, 1.807) is 24.5 Å². The van der Waals surface area contributed by atoms with Crippen molar-refractivity contribution in [3.63, 3.8) is 0 Å². The highest BCUT2D eigenvalue weighted by Gasteiger charge is 2.12. The highest BCUT2D eigenvalue weighted by molar-refractivity contribution is 7.89. The monoisotopic (exact) mass is 431 g/mol. The average Bonchev–Trinajstić information content (AvgIpc) is 2.73. The lowest BCUT2D eigenvalue weighted by Crippen LogP contribution is -2.25. The first-order valence-electron chi connectivity index (χ1n) is 9.14. The smallest absolute Gasteiger partial charge is 0.240 e. The lowest BCUT2D eigenvalue weighted by Gasteiger charge is -2.10. The zero-order chi connectivity index (χ0) is 20.5. The van der Waals surface area contributed by atoms with E-state index < -0.39 is 10.0 Å². The Morgan fingerprint density at radius 2 is 1.59 bits per heavy atom. The third-order valence-electron chi connectivity index (χ3n) is 4.13. The predicted molar refractivity (Wildman–Crippen MR) is 115 cm³/mol.